The maximum atomic E-state index is 14.5. The van der Waals surface area contributed by atoms with Crippen LogP contribution in [0.4, 0.5) is 23.7 Å². The molecular formula is C33H29F3N4O6. The SMILES string of the molecule is CC(C)(C)OC(=O)N[C@@H](Cc1cc(F)cc(F)c1)c1ncc(NC(=O)c2ccccc2C(=O)O)cc1-c1ccc(F)c(C(N)=O)c1. The normalized spacial score (nSPS) is 11.8. The molecule has 3 amide bonds. The smallest absolute Gasteiger partial charge is 0.408 e. The zero-order valence-electron chi connectivity index (χ0n) is 24.9. The number of aromatic carboxylic acids is 1. The van der Waals surface area contributed by atoms with E-state index in [0.717, 1.165) is 24.3 Å². The Balaban J connectivity index is 1.86. The molecule has 0 unspecified atom stereocenters. The fraction of sp³-hybridized carbons (Fsp3) is 0.182. The summed E-state index contributed by atoms with van der Waals surface area (Å²) in [6.45, 7) is 4.91. The first kappa shape index (κ1) is 33.2. The van der Waals surface area contributed by atoms with Crippen LogP contribution < -0.4 is 16.4 Å². The highest BCUT2D eigenvalue weighted by Crippen LogP contribution is 2.33. The van der Waals surface area contributed by atoms with Crippen LogP contribution in [0, 0.1) is 17.5 Å². The number of anilines is 1. The van der Waals surface area contributed by atoms with E-state index in [1.54, 1.807) is 20.8 Å². The molecule has 1 atom stereocenters. The van der Waals surface area contributed by atoms with E-state index in [4.69, 9.17) is 10.5 Å². The molecule has 0 fully saturated rings. The van der Waals surface area contributed by atoms with Gasteiger partial charge in [0.2, 0.25) is 0 Å². The highest BCUT2D eigenvalue weighted by molar-refractivity contribution is 6.10. The zero-order valence-corrected chi connectivity index (χ0v) is 24.9. The summed E-state index contributed by atoms with van der Waals surface area (Å²) in [6.07, 6.45) is 0.131. The molecule has 46 heavy (non-hydrogen) atoms. The maximum absolute atomic E-state index is 14.5. The minimum atomic E-state index is -1.32. The van der Waals surface area contributed by atoms with Crippen molar-refractivity contribution in [3.05, 3.63) is 118 Å². The first-order valence-electron chi connectivity index (χ1n) is 13.8. The molecule has 1 heterocycles. The lowest BCUT2D eigenvalue weighted by molar-refractivity contribution is 0.0501. The van der Waals surface area contributed by atoms with Gasteiger partial charge in [-0.2, -0.15) is 0 Å². The van der Waals surface area contributed by atoms with Crippen molar-refractivity contribution in [2.24, 2.45) is 5.73 Å². The molecule has 4 rings (SSSR count). The van der Waals surface area contributed by atoms with Crippen molar-refractivity contribution < 1.29 is 42.2 Å². The van der Waals surface area contributed by atoms with Gasteiger partial charge in [-0.05, 0) is 80.8 Å². The number of nitrogens with two attached hydrogens (primary N) is 1. The van der Waals surface area contributed by atoms with Gasteiger partial charge in [-0.25, -0.2) is 22.8 Å². The molecule has 0 saturated heterocycles. The van der Waals surface area contributed by atoms with Crippen molar-refractivity contribution >= 4 is 29.6 Å². The molecule has 238 valence electrons. The van der Waals surface area contributed by atoms with E-state index in [2.05, 4.69) is 15.6 Å². The number of rotatable bonds is 9. The number of nitrogens with zero attached hydrogens (tertiary/aromatic N) is 1. The third kappa shape index (κ3) is 8.25. The minimum Gasteiger partial charge on any atom is -0.478 e. The van der Waals surface area contributed by atoms with Crippen molar-refractivity contribution in [1.29, 1.82) is 0 Å². The lowest BCUT2D eigenvalue weighted by Crippen LogP contribution is -2.36. The molecule has 0 saturated carbocycles. The van der Waals surface area contributed by atoms with Gasteiger partial charge in [0.15, 0.2) is 0 Å². The molecule has 0 aliphatic rings. The maximum Gasteiger partial charge on any atom is 0.408 e. The molecule has 4 aromatic rings. The molecule has 10 nitrogen and oxygen atoms in total. The topological polar surface area (TPSA) is 161 Å². The van der Waals surface area contributed by atoms with Crippen molar-refractivity contribution in [3.63, 3.8) is 0 Å². The molecule has 13 heteroatoms. The second-order valence-electron chi connectivity index (χ2n) is 11.2. The number of pyridine rings is 1. The third-order valence-electron chi connectivity index (χ3n) is 6.50. The number of carboxylic acid groups (broad SMARTS) is 1. The minimum absolute atomic E-state index is 0.0571. The average molecular weight is 635 g/mol. The van der Waals surface area contributed by atoms with E-state index in [0.29, 0.717) is 6.07 Å². The van der Waals surface area contributed by atoms with Gasteiger partial charge in [0, 0.05) is 11.6 Å². The predicted molar refractivity (Wildman–Crippen MR) is 162 cm³/mol. The van der Waals surface area contributed by atoms with Gasteiger partial charge in [-0.1, -0.05) is 18.2 Å². The fourth-order valence-corrected chi connectivity index (χ4v) is 4.63. The van der Waals surface area contributed by atoms with E-state index >= 15 is 0 Å². The molecule has 0 aliphatic heterocycles. The monoisotopic (exact) mass is 634 g/mol. The van der Waals surface area contributed by atoms with Gasteiger partial charge in [-0.3, -0.25) is 14.6 Å². The Bertz CT molecular complexity index is 1820. The molecule has 0 spiro atoms. The summed E-state index contributed by atoms with van der Waals surface area (Å²) in [5, 5.41) is 14.7. The number of nitrogens with one attached hydrogen (secondary N) is 2. The lowest BCUT2D eigenvalue weighted by atomic mass is 9.94. The summed E-state index contributed by atoms with van der Waals surface area (Å²) in [5.74, 6) is -5.79. The van der Waals surface area contributed by atoms with Gasteiger partial charge < -0.3 is 26.2 Å². The molecular weight excluding hydrogens is 605 g/mol. The van der Waals surface area contributed by atoms with E-state index in [-0.39, 0.29) is 45.6 Å². The Hall–Kier alpha value is -5.72. The van der Waals surface area contributed by atoms with Crippen LogP contribution in [-0.2, 0) is 11.2 Å². The van der Waals surface area contributed by atoms with Crippen molar-refractivity contribution in [3.8, 4) is 11.1 Å². The number of benzene rings is 3. The zero-order chi connectivity index (χ0) is 33.8. The van der Waals surface area contributed by atoms with Crippen LogP contribution in [0.5, 0.6) is 0 Å². The summed E-state index contributed by atoms with van der Waals surface area (Å²) in [6, 6.07) is 12.1. The number of primary amides is 1. The Morgan fingerprint density at radius 3 is 2.17 bits per heavy atom. The van der Waals surface area contributed by atoms with Crippen LogP contribution in [0.1, 0.15) is 69.1 Å². The molecule has 0 bridgehead atoms. The molecule has 0 aliphatic carbocycles. The Kier molecular flexibility index (Phi) is 9.74. The van der Waals surface area contributed by atoms with Gasteiger partial charge in [0.05, 0.1) is 40.3 Å². The van der Waals surface area contributed by atoms with Crippen molar-refractivity contribution in [2.75, 3.05) is 5.32 Å². The van der Waals surface area contributed by atoms with Crippen molar-refractivity contribution in [1.82, 2.24) is 10.3 Å². The first-order chi connectivity index (χ1) is 21.6. The lowest BCUT2D eigenvalue weighted by Gasteiger charge is -2.25. The number of halogens is 3. The van der Waals surface area contributed by atoms with Crippen LogP contribution in [0.25, 0.3) is 11.1 Å². The molecule has 1 aromatic heterocycles. The van der Waals surface area contributed by atoms with E-state index in [1.165, 1.54) is 42.6 Å². The standard InChI is InChI=1S/C33H29F3N4O6/c1-33(2,3)46-32(45)40-27(12-17-10-19(34)14-20(35)11-17)28-24(18-8-9-26(36)25(13-18)29(37)41)15-21(16-38-28)39-30(42)22-6-4-5-7-23(22)31(43)44/h4-11,13-16,27H,12H2,1-3H3,(H2,37,41)(H,39,42)(H,40,45)(H,43,44)/t27-/m0/s1. The van der Waals surface area contributed by atoms with Crippen LogP contribution >= 0.6 is 0 Å². The van der Waals surface area contributed by atoms with Crippen LogP contribution in [0.2, 0.25) is 0 Å². The van der Waals surface area contributed by atoms with E-state index in [1.807, 2.05) is 0 Å². The number of amides is 3. The van der Waals surface area contributed by atoms with Crippen LogP contribution in [0.15, 0.2) is 72.9 Å². The predicted octanol–water partition coefficient (Wildman–Crippen LogP) is 6.02. The number of hydrogen-bond acceptors (Lipinski definition) is 6. The summed E-state index contributed by atoms with van der Waals surface area (Å²) < 4.78 is 48.1. The molecule has 3 aromatic carbocycles. The molecule has 5 N–H and O–H groups in total. The highest BCUT2D eigenvalue weighted by Gasteiger charge is 2.26. The number of ether oxygens (including phenoxy) is 1. The summed E-state index contributed by atoms with van der Waals surface area (Å²) in [7, 11) is 0. The molecule has 0 radical (unpaired) electrons. The number of aromatic nitrogens is 1. The number of carboxylic acids is 1. The number of carbonyl (C=O) groups is 4. The second-order valence-corrected chi connectivity index (χ2v) is 11.2. The number of alkyl carbamates (subject to hydrolysis) is 1. The Morgan fingerprint density at radius 2 is 1.57 bits per heavy atom. The Morgan fingerprint density at radius 1 is 0.913 bits per heavy atom. The summed E-state index contributed by atoms with van der Waals surface area (Å²) >= 11 is 0. The fourth-order valence-electron chi connectivity index (χ4n) is 4.63. The van der Waals surface area contributed by atoms with Crippen LogP contribution in [0.3, 0.4) is 0 Å². The second kappa shape index (κ2) is 13.5. The summed E-state index contributed by atoms with van der Waals surface area (Å²) in [4.78, 5) is 54.1. The largest absolute Gasteiger partial charge is 0.478 e. The number of hydrogen-bond donors (Lipinski definition) is 4. The van der Waals surface area contributed by atoms with Gasteiger partial charge in [0.1, 0.15) is 23.1 Å². The first-order valence-corrected chi connectivity index (χ1v) is 13.8. The summed E-state index contributed by atoms with van der Waals surface area (Å²) in [5.41, 5.74) is 4.23. The third-order valence-corrected chi connectivity index (χ3v) is 6.50. The van der Waals surface area contributed by atoms with E-state index in [9.17, 15) is 37.5 Å². The quantitative estimate of drug-likeness (QED) is 0.175. The van der Waals surface area contributed by atoms with Crippen molar-refractivity contribution in [2.45, 2.75) is 38.8 Å². The van der Waals surface area contributed by atoms with Gasteiger partial charge in [0.25, 0.3) is 11.8 Å². The van der Waals surface area contributed by atoms with Crippen LogP contribution in [-0.4, -0.2) is 39.6 Å². The van der Waals surface area contributed by atoms with Gasteiger partial charge >= 0.3 is 12.1 Å². The van der Waals surface area contributed by atoms with E-state index < -0.39 is 58.5 Å². The Labute approximate surface area is 261 Å². The van der Waals surface area contributed by atoms with Gasteiger partial charge in [-0.15, -0.1) is 0 Å². The highest BCUT2D eigenvalue weighted by atomic mass is 19.1. The average Bonchev–Trinajstić information content (AvgIpc) is 2.95. The number of carbonyl (C=O) groups excluding carboxylic acids is 3.